The zero-order valence-electron chi connectivity index (χ0n) is 12.9. The molecular weight excluding hydrogens is 346 g/mol. The molecule has 1 aromatic carbocycles. The van der Waals surface area contributed by atoms with Crippen molar-refractivity contribution in [1.29, 1.82) is 0 Å². The van der Waals surface area contributed by atoms with Crippen LogP contribution >= 0.6 is 12.6 Å². The highest BCUT2D eigenvalue weighted by Gasteiger charge is 2.22. The topological polar surface area (TPSA) is 105 Å². The SMILES string of the molecule is CCOc1cc([N+](=O)[O-])c(COS(=O)(=O)CCCS)cc1OC. The molecule has 130 valence electrons. The van der Waals surface area contributed by atoms with Gasteiger partial charge in [-0.05, 0) is 25.2 Å². The van der Waals surface area contributed by atoms with E-state index in [-0.39, 0.29) is 28.5 Å². The van der Waals surface area contributed by atoms with Crippen molar-refractivity contribution in [3.05, 3.63) is 27.8 Å². The number of nitro groups is 1. The van der Waals surface area contributed by atoms with Gasteiger partial charge in [-0.15, -0.1) is 0 Å². The summed E-state index contributed by atoms with van der Waals surface area (Å²) in [6.45, 7) is 1.59. The van der Waals surface area contributed by atoms with Gasteiger partial charge in [0.2, 0.25) is 0 Å². The van der Waals surface area contributed by atoms with Gasteiger partial charge in [0.15, 0.2) is 11.5 Å². The van der Waals surface area contributed by atoms with Gasteiger partial charge in [0.05, 0.1) is 42.6 Å². The molecule has 0 fully saturated rings. The lowest BCUT2D eigenvalue weighted by Crippen LogP contribution is -2.12. The summed E-state index contributed by atoms with van der Waals surface area (Å²) >= 11 is 3.93. The summed E-state index contributed by atoms with van der Waals surface area (Å²) in [4.78, 5) is 10.5. The second kappa shape index (κ2) is 8.94. The minimum absolute atomic E-state index is 0.0877. The van der Waals surface area contributed by atoms with Crippen LogP contribution in [-0.2, 0) is 20.9 Å². The maximum atomic E-state index is 11.7. The lowest BCUT2D eigenvalue weighted by atomic mass is 10.1. The monoisotopic (exact) mass is 365 g/mol. The van der Waals surface area contributed by atoms with Crippen LogP contribution < -0.4 is 9.47 Å². The van der Waals surface area contributed by atoms with Crippen LogP contribution in [0.1, 0.15) is 18.9 Å². The van der Waals surface area contributed by atoms with Gasteiger partial charge in [-0.3, -0.25) is 14.3 Å². The van der Waals surface area contributed by atoms with E-state index in [9.17, 15) is 18.5 Å². The molecule has 1 aromatic rings. The van der Waals surface area contributed by atoms with Crippen molar-refractivity contribution in [2.24, 2.45) is 0 Å². The highest BCUT2D eigenvalue weighted by atomic mass is 32.2. The summed E-state index contributed by atoms with van der Waals surface area (Å²) < 4.78 is 38.6. The van der Waals surface area contributed by atoms with Crippen LogP contribution in [0, 0.1) is 10.1 Å². The van der Waals surface area contributed by atoms with Gasteiger partial charge in [0, 0.05) is 0 Å². The molecule has 8 nitrogen and oxygen atoms in total. The van der Waals surface area contributed by atoms with E-state index < -0.39 is 21.6 Å². The average molecular weight is 365 g/mol. The summed E-state index contributed by atoms with van der Waals surface area (Å²) in [6, 6.07) is 2.54. The van der Waals surface area contributed by atoms with Crippen molar-refractivity contribution >= 4 is 28.4 Å². The maximum absolute atomic E-state index is 11.7. The minimum Gasteiger partial charge on any atom is -0.493 e. The van der Waals surface area contributed by atoms with Crippen LogP contribution in [-0.4, -0.2) is 38.6 Å². The molecule has 0 heterocycles. The molecule has 0 N–H and O–H groups in total. The number of nitrogens with zero attached hydrogens (tertiary/aromatic N) is 1. The molecule has 0 bridgehead atoms. The molecule has 1 rings (SSSR count). The molecule has 0 aromatic heterocycles. The predicted octanol–water partition coefficient (Wildman–Crippen LogP) is 2.17. The second-order valence-electron chi connectivity index (χ2n) is 4.42. The third-order valence-corrected chi connectivity index (χ3v) is 4.39. The van der Waals surface area contributed by atoms with Crippen LogP contribution in [0.3, 0.4) is 0 Å². The van der Waals surface area contributed by atoms with Crippen molar-refractivity contribution in [3.8, 4) is 11.5 Å². The molecule has 0 radical (unpaired) electrons. The zero-order chi connectivity index (χ0) is 17.5. The first-order valence-electron chi connectivity index (χ1n) is 6.80. The fourth-order valence-corrected chi connectivity index (χ4v) is 3.05. The Hall–Kier alpha value is -1.52. The molecule has 0 atom stereocenters. The number of rotatable bonds is 10. The van der Waals surface area contributed by atoms with Crippen molar-refractivity contribution in [1.82, 2.24) is 0 Å². The molecule has 0 amide bonds. The van der Waals surface area contributed by atoms with E-state index in [1.165, 1.54) is 19.2 Å². The third kappa shape index (κ3) is 5.88. The van der Waals surface area contributed by atoms with Gasteiger partial charge in [-0.25, -0.2) is 0 Å². The molecule has 0 aliphatic rings. The van der Waals surface area contributed by atoms with Crippen LogP contribution in [0.5, 0.6) is 11.5 Å². The Balaban J connectivity index is 3.07. The van der Waals surface area contributed by atoms with Crippen LogP contribution in [0.4, 0.5) is 5.69 Å². The van der Waals surface area contributed by atoms with Crippen LogP contribution in [0.15, 0.2) is 12.1 Å². The van der Waals surface area contributed by atoms with Crippen molar-refractivity contribution in [2.45, 2.75) is 20.0 Å². The fraction of sp³-hybridized carbons (Fsp3) is 0.538. The molecule has 0 spiro atoms. The third-order valence-electron chi connectivity index (χ3n) is 2.81. The summed E-state index contributed by atoms with van der Waals surface area (Å²) in [5.41, 5.74) is -0.205. The maximum Gasteiger partial charge on any atom is 0.278 e. The first-order valence-corrected chi connectivity index (χ1v) is 9.01. The highest BCUT2D eigenvalue weighted by molar-refractivity contribution is 7.86. The molecular formula is C13H19NO7S2. The van der Waals surface area contributed by atoms with E-state index in [0.29, 0.717) is 18.8 Å². The Labute approximate surface area is 140 Å². The van der Waals surface area contributed by atoms with Gasteiger partial charge in [-0.2, -0.15) is 21.0 Å². The lowest BCUT2D eigenvalue weighted by Gasteiger charge is -2.12. The Morgan fingerprint density at radius 3 is 2.52 bits per heavy atom. The normalized spacial score (nSPS) is 11.3. The average Bonchev–Trinajstić information content (AvgIpc) is 2.51. The van der Waals surface area contributed by atoms with E-state index in [1.54, 1.807) is 6.92 Å². The van der Waals surface area contributed by atoms with Gasteiger partial charge < -0.3 is 9.47 Å². The smallest absolute Gasteiger partial charge is 0.278 e. The van der Waals surface area contributed by atoms with Gasteiger partial charge in [0.1, 0.15) is 0 Å². The van der Waals surface area contributed by atoms with Crippen LogP contribution in [0.25, 0.3) is 0 Å². The van der Waals surface area contributed by atoms with Gasteiger partial charge >= 0.3 is 0 Å². The zero-order valence-corrected chi connectivity index (χ0v) is 14.6. The molecule has 0 aliphatic heterocycles. The van der Waals surface area contributed by atoms with Gasteiger partial charge in [0.25, 0.3) is 15.8 Å². The number of ether oxygens (including phenoxy) is 2. The van der Waals surface area contributed by atoms with Crippen molar-refractivity contribution in [2.75, 3.05) is 25.2 Å². The van der Waals surface area contributed by atoms with Crippen LogP contribution in [0.2, 0.25) is 0 Å². The number of benzene rings is 1. The van der Waals surface area contributed by atoms with Crippen molar-refractivity contribution < 1.29 is 27.0 Å². The number of methoxy groups -OCH3 is 1. The summed E-state index contributed by atoms with van der Waals surface area (Å²) in [6.07, 6.45) is 0.333. The molecule has 0 aliphatic carbocycles. The Morgan fingerprint density at radius 2 is 2.00 bits per heavy atom. The Morgan fingerprint density at radius 1 is 1.30 bits per heavy atom. The summed E-state index contributed by atoms with van der Waals surface area (Å²) in [5.74, 6) is 0.685. The number of nitro benzene ring substituents is 1. The first kappa shape index (κ1) is 19.5. The highest BCUT2D eigenvalue weighted by Crippen LogP contribution is 2.35. The largest absolute Gasteiger partial charge is 0.493 e. The van der Waals surface area contributed by atoms with Crippen molar-refractivity contribution in [3.63, 3.8) is 0 Å². The molecule has 0 saturated carbocycles. The number of hydrogen-bond donors (Lipinski definition) is 1. The predicted molar refractivity (Wildman–Crippen MR) is 87.9 cm³/mol. The molecule has 10 heteroatoms. The molecule has 0 saturated heterocycles. The van der Waals surface area contributed by atoms with E-state index in [4.69, 9.17) is 13.7 Å². The van der Waals surface area contributed by atoms with E-state index >= 15 is 0 Å². The second-order valence-corrected chi connectivity index (χ2v) is 6.63. The lowest BCUT2D eigenvalue weighted by molar-refractivity contribution is -0.385. The van der Waals surface area contributed by atoms with E-state index in [2.05, 4.69) is 12.6 Å². The van der Waals surface area contributed by atoms with Gasteiger partial charge in [-0.1, -0.05) is 0 Å². The Bertz CT molecular complexity index is 646. The first-order chi connectivity index (χ1) is 10.8. The minimum atomic E-state index is -3.77. The summed E-state index contributed by atoms with van der Waals surface area (Å²) in [7, 11) is -2.38. The van der Waals surface area contributed by atoms with E-state index in [1.807, 2.05) is 0 Å². The standard InChI is InChI=1S/C13H19NO7S2/c1-3-20-13-8-11(14(15)16)10(7-12(13)19-2)9-21-23(17,18)6-4-5-22/h7-8,22H,3-6,9H2,1-2H3. The quantitative estimate of drug-likeness (QED) is 0.293. The number of hydrogen-bond acceptors (Lipinski definition) is 8. The summed E-state index contributed by atoms with van der Waals surface area (Å²) in [5, 5.41) is 11.2. The molecule has 0 unspecified atom stereocenters. The van der Waals surface area contributed by atoms with E-state index in [0.717, 1.165) is 0 Å². The Kier molecular flexibility index (Phi) is 7.59. The fourth-order valence-electron chi connectivity index (χ4n) is 1.76. The number of thiol groups is 1. The molecule has 23 heavy (non-hydrogen) atoms.